The SMILES string of the molecule is Cc1cc(C(=O)Nc2ccn[nH]2)ccn1. The molecule has 0 aliphatic carbocycles. The first-order valence-corrected chi connectivity index (χ1v) is 4.49. The number of amides is 1. The average molecular weight is 202 g/mol. The zero-order valence-corrected chi connectivity index (χ0v) is 8.19. The number of nitrogens with one attached hydrogen (secondary N) is 2. The van der Waals surface area contributed by atoms with Crippen LogP contribution in [0.3, 0.4) is 0 Å². The van der Waals surface area contributed by atoms with Crippen LogP contribution in [0, 0.1) is 6.92 Å². The number of hydrogen-bond donors (Lipinski definition) is 2. The lowest BCUT2D eigenvalue weighted by atomic mass is 10.2. The van der Waals surface area contributed by atoms with Crippen LogP contribution in [0.4, 0.5) is 5.82 Å². The maximum atomic E-state index is 11.7. The molecule has 76 valence electrons. The maximum Gasteiger partial charge on any atom is 0.256 e. The third-order valence-corrected chi connectivity index (χ3v) is 1.91. The predicted molar refractivity (Wildman–Crippen MR) is 55.5 cm³/mol. The van der Waals surface area contributed by atoms with Crippen molar-refractivity contribution < 1.29 is 4.79 Å². The number of carbonyl (C=O) groups is 1. The van der Waals surface area contributed by atoms with E-state index in [4.69, 9.17) is 0 Å². The van der Waals surface area contributed by atoms with E-state index in [-0.39, 0.29) is 5.91 Å². The van der Waals surface area contributed by atoms with Crippen LogP contribution in [0.1, 0.15) is 16.1 Å². The highest BCUT2D eigenvalue weighted by Gasteiger charge is 2.06. The van der Waals surface area contributed by atoms with Gasteiger partial charge in [-0.2, -0.15) is 5.10 Å². The highest BCUT2D eigenvalue weighted by atomic mass is 16.1. The summed E-state index contributed by atoms with van der Waals surface area (Å²) >= 11 is 0. The van der Waals surface area contributed by atoms with Crippen molar-refractivity contribution in [2.24, 2.45) is 0 Å². The lowest BCUT2D eigenvalue weighted by molar-refractivity contribution is 0.102. The standard InChI is InChI=1S/C10H10N4O/c1-7-6-8(2-4-11-7)10(15)13-9-3-5-12-14-9/h2-6H,1H3,(H2,12,13,14,15). The third-order valence-electron chi connectivity index (χ3n) is 1.91. The van der Waals surface area contributed by atoms with E-state index in [9.17, 15) is 4.79 Å². The van der Waals surface area contributed by atoms with Crippen LogP contribution in [0.15, 0.2) is 30.6 Å². The summed E-state index contributed by atoms with van der Waals surface area (Å²) in [6.45, 7) is 1.84. The van der Waals surface area contributed by atoms with Gasteiger partial charge in [-0.3, -0.25) is 14.9 Å². The fraction of sp³-hybridized carbons (Fsp3) is 0.100. The lowest BCUT2D eigenvalue weighted by Gasteiger charge is -2.02. The maximum absolute atomic E-state index is 11.7. The molecule has 2 rings (SSSR count). The van der Waals surface area contributed by atoms with Crippen LogP contribution in [-0.4, -0.2) is 21.1 Å². The molecule has 0 bridgehead atoms. The van der Waals surface area contributed by atoms with Crippen molar-refractivity contribution >= 4 is 11.7 Å². The van der Waals surface area contributed by atoms with Gasteiger partial charge in [0, 0.05) is 23.5 Å². The Hall–Kier alpha value is -2.17. The molecular weight excluding hydrogens is 192 g/mol. The van der Waals surface area contributed by atoms with E-state index >= 15 is 0 Å². The van der Waals surface area contributed by atoms with Gasteiger partial charge in [-0.05, 0) is 19.1 Å². The molecule has 2 aromatic rings. The molecule has 5 heteroatoms. The average Bonchev–Trinajstić information content (AvgIpc) is 2.70. The zero-order chi connectivity index (χ0) is 10.7. The fourth-order valence-corrected chi connectivity index (χ4v) is 1.21. The zero-order valence-electron chi connectivity index (χ0n) is 8.19. The van der Waals surface area contributed by atoms with E-state index in [2.05, 4.69) is 20.5 Å². The Morgan fingerprint density at radius 1 is 1.40 bits per heavy atom. The molecule has 0 atom stereocenters. The summed E-state index contributed by atoms with van der Waals surface area (Å²) in [6, 6.07) is 5.08. The van der Waals surface area contributed by atoms with Crippen molar-refractivity contribution in [1.29, 1.82) is 0 Å². The molecule has 1 amide bonds. The summed E-state index contributed by atoms with van der Waals surface area (Å²) in [5.74, 6) is 0.402. The molecule has 0 saturated heterocycles. The van der Waals surface area contributed by atoms with Gasteiger partial charge in [-0.1, -0.05) is 0 Å². The molecule has 5 nitrogen and oxygen atoms in total. The molecule has 0 unspecified atom stereocenters. The van der Waals surface area contributed by atoms with Crippen LogP contribution in [0.25, 0.3) is 0 Å². The number of hydrogen-bond acceptors (Lipinski definition) is 3. The van der Waals surface area contributed by atoms with Crippen LogP contribution in [0.5, 0.6) is 0 Å². The topological polar surface area (TPSA) is 70.7 Å². The molecule has 0 aliphatic heterocycles. The Balaban J connectivity index is 2.15. The number of nitrogens with zero attached hydrogens (tertiary/aromatic N) is 2. The molecule has 2 heterocycles. The minimum Gasteiger partial charge on any atom is -0.307 e. The van der Waals surface area contributed by atoms with Crippen molar-refractivity contribution in [2.75, 3.05) is 5.32 Å². The summed E-state index contributed by atoms with van der Waals surface area (Å²) in [6.07, 6.45) is 3.19. The fourth-order valence-electron chi connectivity index (χ4n) is 1.21. The smallest absolute Gasteiger partial charge is 0.256 e. The molecule has 15 heavy (non-hydrogen) atoms. The molecule has 0 saturated carbocycles. The van der Waals surface area contributed by atoms with E-state index < -0.39 is 0 Å². The Morgan fingerprint density at radius 2 is 2.27 bits per heavy atom. The summed E-state index contributed by atoms with van der Waals surface area (Å²) in [4.78, 5) is 15.7. The summed E-state index contributed by atoms with van der Waals surface area (Å²) in [5.41, 5.74) is 1.39. The van der Waals surface area contributed by atoms with Gasteiger partial charge in [0.25, 0.3) is 5.91 Å². The molecule has 0 spiro atoms. The first-order valence-electron chi connectivity index (χ1n) is 4.49. The van der Waals surface area contributed by atoms with Crippen molar-refractivity contribution in [3.8, 4) is 0 Å². The van der Waals surface area contributed by atoms with Gasteiger partial charge in [0.2, 0.25) is 0 Å². The molecule has 0 aliphatic rings. The van der Waals surface area contributed by atoms with E-state index in [1.807, 2.05) is 6.92 Å². The lowest BCUT2D eigenvalue weighted by Crippen LogP contribution is -2.12. The Morgan fingerprint density at radius 3 is 2.93 bits per heavy atom. The summed E-state index contributed by atoms with van der Waals surface area (Å²) in [7, 11) is 0. The molecule has 2 N–H and O–H groups in total. The van der Waals surface area contributed by atoms with Crippen molar-refractivity contribution in [2.45, 2.75) is 6.92 Å². The largest absolute Gasteiger partial charge is 0.307 e. The Labute approximate surface area is 86.5 Å². The van der Waals surface area contributed by atoms with E-state index in [0.29, 0.717) is 11.4 Å². The Bertz CT molecular complexity index is 464. The van der Waals surface area contributed by atoms with Crippen molar-refractivity contribution in [3.63, 3.8) is 0 Å². The quantitative estimate of drug-likeness (QED) is 0.772. The van der Waals surface area contributed by atoms with Crippen LogP contribution in [0.2, 0.25) is 0 Å². The number of anilines is 1. The van der Waals surface area contributed by atoms with Gasteiger partial charge in [0.05, 0.1) is 6.20 Å². The first-order chi connectivity index (χ1) is 7.25. The van der Waals surface area contributed by atoms with Crippen LogP contribution >= 0.6 is 0 Å². The van der Waals surface area contributed by atoms with Crippen molar-refractivity contribution in [1.82, 2.24) is 15.2 Å². The second kappa shape index (κ2) is 3.91. The normalized spacial score (nSPS) is 9.93. The minimum atomic E-state index is -0.176. The molecule has 0 fully saturated rings. The second-order valence-electron chi connectivity index (χ2n) is 3.11. The molecule has 2 aromatic heterocycles. The second-order valence-corrected chi connectivity index (χ2v) is 3.11. The van der Waals surface area contributed by atoms with Gasteiger partial charge < -0.3 is 5.32 Å². The van der Waals surface area contributed by atoms with Crippen LogP contribution < -0.4 is 5.32 Å². The number of H-pyrrole nitrogens is 1. The van der Waals surface area contributed by atoms with Crippen molar-refractivity contribution in [3.05, 3.63) is 41.9 Å². The van der Waals surface area contributed by atoms with E-state index in [1.54, 1.807) is 30.6 Å². The van der Waals surface area contributed by atoms with Gasteiger partial charge in [-0.15, -0.1) is 0 Å². The third kappa shape index (κ3) is 2.19. The highest BCUT2D eigenvalue weighted by Crippen LogP contribution is 2.05. The predicted octanol–water partition coefficient (Wildman–Crippen LogP) is 1.37. The summed E-state index contributed by atoms with van der Waals surface area (Å²) in [5, 5.41) is 9.07. The van der Waals surface area contributed by atoms with E-state index in [0.717, 1.165) is 5.69 Å². The van der Waals surface area contributed by atoms with Gasteiger partial charge in [0.1, 0.15) is 5.82 Å². The minimum absolute atomic E-state index is 0.176. The molecular formula is C10H10N4O. The number of pyridine rings is 1. The number of aromatic nitrogens is 3. The first kappa shape index (κ1) is 9.39. The highest BCUT2D eigenvalue weighted by molar-refractivity contribution is 6.03. The number of carbonyl (C=O) groups excluding carboxylic acids is 1. The number of aromatic amines is 1. The molecule has 0 radical (unpaired) electrons. The Kier molecular flexibility index (Phi) is 2.45. The van der Waals surface area contributed by atoms with Gasteiger partial charge in [-0.25, -0.2) is 0 Å². The number of aryl methyl sites for hydroxylation is 1. The van der Waals surface area contributed by atoms with Crippen LogP contribution in [-0.2, 0) is 0 Å². The molecule has 0 aromatic carbocycles. The summed E-state index contributed by atoms with van der Waals surface area (Å²) < 4.78 is 0. The number of rotatable bonds is 2. The van der Waals surface area contributed by atoms with Gasteiger partial charge >= 0.3 is 0 Å². The monoisotopic (exact) mass is 202 g/mol. The van der Waals surface area contributed by atoms with E-state index in [1.165, 1.54) is 0 Å². The van der Waals surface area contributed by atoms with Gasteiger partial charge in [0.15, 0.2) is 0 Å².